The van der Waals surface area contributed by atoms with Gasteiger partial charge in [0.25, 0.3) is 0 Å². The summed E-state index contributed by atoms with van der Waals surface area (Å²) in [5, 5.41) is 0. The van der Waals surface area contributed by atoms with Crippen molar-refractivity contribution in [2.75, 3.05) is 5.75 Å². The summed E-state index contributed by atoms with van der Waals surface area (Å²) in [6, 6.07) is 3.33. The van der Waals surface area contributed by atoms with Crippen LogP contribution in [0.15, 0.2) is 18.3 Å². The molecule has 6 heteroatoms. The predicted octanol–water partition coefficient (Wildman–Crippen LogP) is 1.30. The molecule has 0 saturated carbocycles. The Hall–Kier alpha value is -1.95. The Morgan fingerprint density at radius 2 is 2.11 bits per heavy atom. The van der Waals surface area contributed by atoms with Gasteiger partial charge in [-0.2, -0.15) is 11.8 Å². The number of hydrogen-bond acceptors (Lipinski definition) is 5. The molecule has 0 amide bonds. The fourth-order valence-electron chi connectivity index (χ4n) is 2.57. The van der Waals surface area contributed by atoms with Gasteiger partial charge in [-0.3, -0.25) is 14.6 Å². The maximum atomic E-state index is 12.5. The van der Waals surface area contributed by atoms with Crippen molar-refractivity contribution in [3.63, 3.8) is 0 Å². The molecule has 0 aromatic carbocycles. The lowest BCUT2D eigenvalue weighted by Gasteiger charge is -2.17. The van der Waals surface area contributed by atoms with E-state index in [0.717, 1.165) is 23.9 Å². The van der Waals surface area contributed by atoms with Crippen LogP contribution >= 0.6 is 11.8 Å². The average Bonchev–Trinajstić information content (AvgIpc) is 2.84. The van der Waals surface area contributed by atoms with Crippen molar-refractivity contribution in [3.8, 4) is 0 Å². The zero-order chi connectivity index (χ0) is 13.0. The minimum atomic E-state index is -0.239. The Labute approximate surface area is 113 Å². The van der Waals surface area contributed by atoms with Gasteiger partial charge in [0.2, 0.25) is 11.6 Å². The molecule has 2 aromatic heterocycles. The number of thioether (sulfide) groups is 1. The van der Waals surface area contributed by atoms with E-state index < -0.39 is 0 Å². The first-order valence-electron chi connectivity index (χ1n) is 5.99. The SMILES string of the molecule is O=C1c2ncccc2C(=O)c2c1nc1n2CCSC1. The van der Waals surface area contributed by atoms with Crippen LogP contribution in [0.25, 0.3) is 0 Å². The molecule has 5 nitrogen and oxygen atoms in total. The molecule has 0 fully saturated rings. The standard InChI is InChI=1S/C13H9N3O2S/c17-12-7-2-1-3-14-9(7)13(18)10-11(12)16-4-5-19-6-8(16)15-10/h1-3H,4-6H2. The fourth-order valence-corrected chi connectivity index (χ4v) is 3.43. The maximum absolute atomic E-state index is 12.5. The van der Waals surface area contributed by atoms with Crippen molar-refractivity contribution in [1.82, 2.24) is 14.5 Å². The highest BCUT2D eigenvalue weighted by molar-refractivity contribution is 7.98. The third-order valence-corrected chi connectivity index (χ3v) is 4.37. The number of carbonyl (C=O) groups is 2. The molecule has 3 heterocycles. The van der Waals surface area contributed by atoms with E-state index in [1.54, 1.807) is 23.9 Å². The molecule has 0 atom stereocenters. The van der Waals surface area contributed by atoms with Crippen molar-refractivity contribution >= 4 is 23.3 Å². The number of nitrogens with zero attached hydrogens (tertiary/aromatic N) is 3. The molecular weight excluding hydrogens is 262 g/mol. The quantitative estimate of drug-likeness (QED) is 0.616. The summed E-state index contributed by atoms with van der Waals surface area (Å²) in [7, 11) is 0. The third kappa shape index (κ3) is 1.37. The summed E-state index contributed by atoms with van der Waals surface area (Å²) >= 11 is 1.77. The van der Waals surface area contributed by atoms with Gasteiger partial charge in [0.1, 0.15) is 22.9 Å². The lowest BCUT2D eigenvalue weighted by Crippen LogP contribution is -2.25. The minimum absolute atomic E-state index is 0.136. The Kier molecular flexibility index (Phi) is 2.17. The number of pyridine rings is 1. The highest BCUT2D eigenvalue weighted by Gasteiger charge is 2.37. The number of aromatic nitrogens is 3. The van der Waals surface area contributed by atoms with Gasteiger partial charge in [0.15, 0.2) is 0 Å². The smallest absolute Gasteiger partial charge is 0.232 e. The largest absolute Gasteiger partial charge is 0.323 e. The van der Waals surface area contributed by atoms with Crippen LogP contribution in [0.5, 0.6) is 0 Å². The van der Waals surface area contributed by atoms with E-state index in [0.29, 0.717) is 11.3 Å². The first-order valence-corrected chi connectivity index (χ1v) is 7.14. The zero-order valence-electron chi connectivity index (χ0n) is 9.92. The normalized spacial score (nSPS) is 16.8. The predicted molar refractivity (Wildman–Crippen MR) is 69.5 cm³/mol. The van der Waals surface area contributed by atoms with Crippen LogP contribution in [0.4, 0.5) is 0 Å². The lowest BCUT2D eigenvalue weighted by molar-refractivity contribution is 0.0967. The molecule has 0 bridgehead atoms. The van der Waals surface area contributed by atoms with Crippen LogP contribution in [0.2, 0.25) is 0 Å². The van der Waals surface area contributed by atoms with Crippen molar-refractivity contribution in [2.24, 2.45) is 0 Å². The number of imidazole rings is 1. The van der Waals surface area contributed by atoms with Crippen LogP contribution in [-0.4, -0.2) is 31.9 Å². The minimum Gasteiger partial charge on any atom is -0.323 e. The monoisotopic (exact) mass is 271 g/mol. The Morgan fingerprint density at radius 3 is 3.00 bits per heavy atom. The van der Waals surface area contributed by atoms with E-state index in [2.05, 4.69) is 9.97 Å². The maximum Gasteiger partial charge on any atom is 0.232 e. The second kappa shape index (κ2) is 3.77. The fraction of sp³-hybridized carbons (Fsp3) is 0.231. The van der Waals surface area contributed by atoms with Gasteiger partial charge in [0, 0.05) is 18.5 Å². The first kappa shape index (κ1) is 10.9. The van der Waals surface area contributed by atoms with Crippen LogP contribution in [-0.2, 0) is 12.3 Å². The van der Waals surface area contributed by atoms with E-state index in [1.165, 1.54) is 6.20 Å². The summed E-state index contributed by atoms with van der Waals surface area (Å²) in [4.78, 5) is 33.3. The van der Waals surface area contributed by atoms with Crippen molar-refractivity contribution in [2.45, 2.75) is 12.3 Å². The molecule has 1 aliphatic heterocycles. The van der Waals surface area contributed by atoms with Gasteiger partial charge in [-0.15, -0.1) is 0 Å². The molecule has 0 N–H and O–H groups in total. The van der Waals surface area contributed by atoms with E-state index in [4.69, 9.17) is 0 Å². The molecule has 2 aliphatic rings. The summed E-state index contributed by atoms with van der Waals surface area (Å²) in [6.45, 7) is 0.733. The molecule has 0 radical (unpaired) electrons. The molecule has 0 spiro atoms. The molecule has 4 rings (SSSR count). The van der Waals surface area contributed by atoms with Gasteiger partial charge < -0.3 is 4.57 Å². The Bertz CT molecular complexity index is 735. The second-order valence-electron chi connectivity index (χ2n) is 4.49. The molecule has 94 valence electrons. The third-order valence-electron chi connectivity index (χ3n) is 3.43. The number of fused-ring (bicyclic) bond motifs is 4. The van der Waals surface area contributed by atoms with E-state index in [-0.39, 0.29) is 23.0 Å². The number of hydrogen-bond donors (Lipinski definition) is 0. The molecule has 0 unspecified atom stereocenters. The Morgan fingerprint density at radius 1 is 1.21 bits per heavy atom. The molecular formula is C13H9N3O2S. The van der Waals surface area contributed by atoms with Crippen LogP contribution in [0.3, 0.4) is 0 Å². The van der Waals surface area contributed by atoms with Gasteiger partial charge in [-0.05, 0) is 12.1 Å². The van der Waals surface area contributed by atoms with Gasteiger partial charge in [-0.25, -0.2) is 4.98 Å². The summed E-state index contributed by atoms with van der Waals surface area (Å²) in [6.07, 6.45) is 1.53. The van der Waals surface area contributed by atoms with Crippen LogP contribution < -0.4 is 0 Å². The highest BCUT2D eigenvalue weighted by Crippen LogP contribution is 2.30. The molecule has 1 aliphatic carbocycles. The number of ketones is 2. The highest BCUT2D eigenvalue weighted by atomic mass is 32.2. The van der Waals surface area contributed by atoms with E-state index in [9.17, 15) is 9.59 Å². The number of carbonyl (C=O) groups excluding carboxylic acids is 2. The van der Waals surface area contributed by atoms with Crippen molar-refractivity contribution in [3.05, 3.63) is 46.8 Å². The molecule has 0 saturated heterocycles. The second-order valence-corrected chi connectivity index (χ2v) is 5.59. The van der Waals surface area contributed by atoms with E-state index >= 15 is 0 Å². The summed E-state index contributed by atoms with van der Waals surface area (Å²) < 4.78 is 1.89. The van der Waals surface area contributed by atoms with Crippen LogP contribution in [0, 0.1) is 0 Å². The van der Waals surface area contributed by atoms with Crippen molar-refractivity contribution in [1.29, 1.82) is 0 Å². The lowest BCUT2D eigenvalue weighted by atomic mass is 9.94. The first-order chi connectivity index (χ1) is 9.27. The molecule has 2 aromatic rings. The van der Waals surface area contributed by atoms with Gasteiger partial charge >= 0.3 is 0 Å². The topological polar surface area (TPSA) is 64.8 Å². The zero-order valence-corrected chi connectivity index (χ0v) is 10.7. The van der Waals surface area contributed by atoms with Crippen LogP contribution in [0.1, 0.15) is 38.1 Å². The summed E-state index contributed by atoms with van der Waals surface area (Å²) in [5.74, 6) is 2.13. The van der Waals surface area contributed by atoms with E-state index in [1.807, 2.05) is 4.57 Å². The van der Waals surface area contributed by atoms with Gasteiger partial charge in [0.05, 0.1) is 11.3 Å². The molecule has 19 heavy (non-hydrogen) atoms. The van der Waals surface area contributed by atoms with Crippen molar-refractivity contribution < 1.29 is 9.59 Å². The Balaban J connectivity index is 2.01. The number of rotatable bonds is 0. The summed E-state index contributed by atoms with van der Waals surface area (Å²) in [5.41, 5.74) is 1.33. The average molecular weight is 271 g/mol. The van der Waals surface area contributed by atoms with Gasteiger partial charge in [-0.1, -0.05) is 0 Å².